The number of benzene rings is 1. The first kappa shape index (κ1) is 15.9. The first-order chi connectivity index (χ1) is 9.87. The van der Waals surface area contributed by atoms with E-state index < -0.39 is 0 Å². The van der Waals surface area contributed by atoms with Crippen LogP contribution in [0.15, 0.2) is 47.1 Å². The Morgan fingerprint density at radius 3 is 2.57 bits per heavy atom. The Morgan fingerprint density at radius 1 is 1.19 bits per heavy atom. The van der Waals surface area contributed by atoms with Crippen LogP contribution in [0.3, 0.4) is 0 Å². The van der Waals surface area contributed by atoms with Gasteiger partial charge in [0.05, 0.1) is 6.04 Å². The van der Waals surface area contributed by atoms with Crippen LogP contribution in [0.2, 0.25) is 0 Å². The van der Waals surface area contributed by atoms with Crippen LogP contribution in [0.4, 0.5) is 0 Å². The number of pyridine rings is 1. The van der Waals surface area contributed by atoms with Gasteiger partial charge in [-0.1, -0.05) is 28.1 Å². The minimum absolute atomic E-state index is 0.103. The van der Waals surface area contributed by atoms with Crippen molar-refractivity contribution >= 4 is 15.9 Å². The fourth-order valence-corrected chi connectivity index (χ4v) is 2.33. The third kappa shape index (κ3) is 4.52. The molecular formula is C16H20BrN3O. The summed E-state index contributed by atoms with van der Waals surface area (Å²) >= 11 is 3.48. The summed E-state index contributed by atoms with van der Waals surface area (Å²) in [5.41, 5.74) is 8.01. The second-order valence-corrected chi connectivity index (χ2v) is 6.83. The monoisotopic (exact) mass is 349 g/mol. The summed E-state index contributed by atoms with van der Waals surface area (Å²) in [7, 11) is 0. The SMILES string of the molecule is CC(C)(C)NNC(c1cccc(Br)c1)c1ncccc1O. The summed E-state index contributed by atoms with van der Waals surface area (Å²) in [6.45, 7) is 6.20. The van der Waals surface area contributed by atoms with E-state index in [4.69, 9.17) is 0 Å². The van der Waals surface area contributed by atoms with E-state index in [1.165, 1.54) is 0 Å². The second kappa shape index (κ2) is 6.56. The fourth-order valence-electron chi connectivity index (χ4n) is 1.92. The van der Waals surface area contributed by atoms with E-state index in [-0.39, 0.29) is 17.3 Å². The van der Waals surface area contributed by atoms with Crippen LogP contribution < -0.4 is 10.9 Å². The van der Waals surface area contributed by atoms with Gasteiger partial charge in [-0.3, -0.25) is 10.4 Å². The maximum atomic E-state index is 10.1. The average Bonchev–Trinajstić information content (AvgIpc) is 2.40. The van der Waals surface area contributed by atoms with Crippen LogP contribution >= 0.6 is 15.9 Å². The Morgan fingerprint density at radius 2 is 1.95 bits per heavy atom. The molecule has 5 heteroatoms. The second-order valence-electron chi connectivity index (χ2n) is 5.92. The topological polar surface area (TPSA) is 57.2 Å². The van der Waals surface area contributed by atoms with Gasteiger partial charge < -0.3 is 5.11 Å². The van der Waals surface area contributed by atoms with E-state index in [1.807, 2.05) is 24.3 Å². The lowest BCUT2D eigenvalue weighted by Gasteiger charge is -2.27. The number of halogens is 1. The van der Waals surface area contributed by atoms with E-state index in [0.29, 0.717) is 5.69 Å². The van der Waals surface area contributed by atoms with Crippen molar-refractivity contribution in [3.63, 3.8) is 0 Å². The molecule has 0 fully saturated rings. The highest BCUT2D eigenvalue weighted by Gasteiger charge is 2.21. The number of nitrogens with one attached hydrogen (secondary N) is 2. The van der Waals surface area contributed by atoms with Gasteiger partial charge in [0.25, 0.3) is 0 Å². The fraction of sp³-hybridized carbons (Fsp3) is 0.312. The molecule has 1 aromatic carbocycles. The minimum atomic E-state index is -0.247. The van der Waals surface area contributed by atoms with Gasteiger partial charge in [0, 0.05) is 16.2 Å². The van der Waals surface area contributed by atoms with Crippen molar-refractivity contribution in [2.45, 2.75) is 32.4 Å². The maximum absolute atomic E-state index is 10.1. The normalized spacial score (nSPS) is 13.1. The molecule has 0 aliphatic heterocycles. The molecule has 1 heterocycles. The summed E-state index contributed by atoms with van der Waals surface area (Å²) in [6, 6.07) is 11.1. The van der Waals surface area contributed by atoms with Crippen LogP contribution in [-0.2, 0) is 0 Å². The molecule has 3 N–H and O–H groups in total. The van der Waals surface area contributed by atoms with E-state index in [1.54, 1.807) is 18.3 Å². The summed E-state index contributed by atoms with van der Waals surface area (Å²) in [4.78, 5) is 4.32. The number of aromatic nitrogens is 1. The molecule has 1 aromatic heterocycles. The summed E-state index contributed by atoms with van der Waals surface area (Å²) in [5, 5.41) is 10.1. The molecule has 0 saturated carbocycles. The van der Waals surface area contributed by atoms with Crippen molar-refractivity contribution in [3.8, 4) is 5.75 Å². The van der Waals surface area contributed by atoms with Crippen molar-refractivity contribution in [3.05, 3.63) is 58.3 Å². The molecule has 112 valence electrons. The van der Waals surface area contributed by atoms with Gasteiger partial charge in [0.1, 0.15) is 11.4 Å². The summed E-state index contributed by atoms with van der Waals surface area (Å²) in [6.07, 6.45) is 1.68. The molecule has 2 aromatic rings. The Kier molecular flexibility index (Phi) is 4.98. The summed E-state index contributed by atoms with van der Waals surface area (Å²) in [5.74, 6) is 0.172. The first-order valence-corrected chi connectivity index (χ1v) is 7.58. The third-order valence-corrected chi connectivity index (χ3v) is 3.36. The quantitative estimate of drug-likeness (QED) is 0.739. The van der Waals surface area contributed by atoms with Crippen LogP contribution in [0.5, 0.6) is 5.75 Å². The summed E-state index contributed by atoms with van der Waals surface area (Å²) < 4.78 is 0.984. The maximum Gasteiger partial charge on any atom is 0.139 e. The van der Waals surface area contributed by atoms with E-state index in [0.717, 1.165) is 10.0 Å². The Hall–Kier alpha value is -1.43. The molecule has 21 heavy (non-hydrogen) atoms. The number of hydrazine groups is 1. The molecule has 0 bridgehead atoms. The van der Waals surface area contributed by atoms with Crippen molar-refractivity contribution in [1.82, 2.24) is 15.8 Å². The number of rotatable bonds is 4. The van der Waals surface area contributed by atoms with Crippen LogP contribution in [0.1, 0.15) is 38.1 Å². The lowest BCUT2D eigenvalue weighted by atomic mass is 10.0. The highest BCUT2D eigenvalue weighted by atomic mass is 79.9. The average molecular weight is 350 g/mol. The van der Waals surface area contributed by atoms with Gasteiger partial charge in [-0.2, -0.15) is 0 Å². The van der Waals surface area contributed by atoms with Crippen molar-refractivity contribution < 1.29 is 5.11 Å². The van der Waals surface area contributed by atoms with Gasteiger partial charge in [-0.25, -0.2) is 5.43 Å². The lowest BCUT2D eigenvalue weighted by Crippen LogP contribution is -2.47. The van der Waals surface area contributed by atoms with E-state index >= 15 is 0 Å². The molecule has 4 nitrogen and oxygen atoms in total. The van der Waals surface area contributed by atoms with Gasteiger partial charge in [-0.05, 0) is 50.6 Å². The van der Waals surface area contributed by atoms with Gasteiger partial charge in [0.2, 0.25) is 0 Å². The largest absolute Gasteiger partial charge is 0.506 e. The smallest absolute Gasteiger partial charge is 0.139 e. The molecule has 2 rings (SSSR count). The Bertz CT molecular complexity index is 610. The Balaban J connectivity index is 2.37. The number of nitrogens with zero attached hydrogens (tertiary/aromatic N) is 1. The highest BCUT2D eigenvalue weighted by molar-refractivity contribution is 9.10. The molecule has 0 aliphatic carbocycles. The molecule has 1 unspecified atom stereocenters. The number of aromatic hydroxyl groups is 1. The van der Waals surface area contributed by atoms with Crippen LogP contribution in [0.25, 0.3) is 0 Å². The van der Waals surface area contributed by atoms with Crippen molar-refractivity contribution in [1.29, 1.82) is 0 Å². The van der Waals surface area contributed by atoms with Crippen LogP contribution in [-0.4, -0.2) is 15.6 Å². The molecular weight excluding hydrogens is 330 g/mol. The highest BCUT2D eigenvalue weighted by Crippen LogP contribution is 2.28. The van der Waals surface area contributed by atoms with Gasteiger partial charge in [-0.15, -0.1) is 0 Å². The first-order valence-electron chi connectivity index (χ1n) is 6.79. The zero-order valence-electron chi connectivity index (χ0n) is 12.4. The molecule has 0 spiro atoms. The molecule has 1 atom stereocenters. The minimum Gasteiger partial charge on any atom is -0.506 e. The lowest BCUT2D eigenvalue weighted by molar-refractivity contribution is 0.329. The van der Waals surface area contributed by atoms with Crippen LogP contribution in [0, 0.1) is 0 Å². The number of hydrogen-bond donors (Lipinski definition) is 3. The standard InChI is InChI=1S/C16H20BrN3O/c1-16(2,3)20-19-14(11-6-4-7-12(17)10-11)15-13(21)8-5-9-18-15/h4-10,14,19-21H,1-3H3. The number of hydrogen-bond acceptors (Lipinski definition) is 4. The molecule has 0 radical (unpaired) electrons. The van der Waals surface area contributed by atoms with Gasteiger partial charge in [0.15, 0.2) is 0 Å². The zero-order valence-corrected chi connectivity index (χ0v) is 14.0. The van der Waals surface area contributed by atoms with E-state index in [2.05, 4.69) is 52.5 Å². The zero-order chi connectivity index (χ0) is 15.5. The molecule has 0 aliphatic rings. The molecule has 0 saturated heterocycles. The van der Waals surface area contributed by atoms with Crippen molar-refractivity contribution in [2.75, 3.05) is 0 Å². The predicted molar refractivity (Wildman–Crippen MR) is 87.9 cm³/mol. The third-order valence-electron chi connectivity index (χ3n) is 2.86. The van der Waals surface area contributed by atoms with Crippen molar-refractivity contribution in [2.24, 2.45) is 0 Å². The van der Waals surface area contributed by atoms with Gasteiger partial charge >= 0.3 is 0 Å². The molecule has 0 amide bonds. The predicted octanol–water partition coefficient (Wildman–Crippen LogP) is 3.53. The van der Waals surface area contributed by atoms with E-state index in [9.17, 15) is 5.11 Å². The Labute approximate surface area is 133 Å².